The molecule has 0 spiro atoms. The Morgan fingerprint density at radius 3 is 3.00 bits per heavy atom. The number of anilines is 2. The molecule has 0 amide bonds. The van der Waals surface area contributed by atoms with Crippen LogP contribution in [0.4, 0.5) is 11.6 Å². The maximum absolute atomic E-state index is 5.68. The number of hydrogen-bond acceptors (Lipinski definition) is 5. The first-order valence-corrected chi connectivity index (χ1v) is 6.46. The first kappa shape index (κ1) is 11.3. The molecule has 4 nitrogen and oxygen atoms in total. The fourth-order valence-corrected chi connectivity index (χ4v) is 2.37. The van der Waals surface area contributed by atoms with Gasteiger partial charge in [-0.15, -0.1) is 0 Å². The number of nitrogens with zero attached hydrogens (tertiary/aromatic N) is 2. The molecule has 2 aromatic rings. The minimum atomic E-state index is 0.192. The van der Waals surface area contributed by atoms with Gasteiger partial charge in [-0.1, -0.05) is 0 Å². The van der Waals surface area contributed by atoms with Crippen LogP contribution in [0.3, 0.4) is 0 Å². The molecule has 0 fully saturated rings. The van der Waals surface area contributed by atoms with Crippen molar-refractivity contribution < 1.29 is 0 Å². The zero-order valence-electron chi connectivity index (χ0n) is 8.64. The Hall–Kier alpha value is -1.14. The van der Waals surface area contributed by atoms with E-state index in [1.165, 1.54) is 11.9 Å². The smallest absolute Gasteiger partial charge is 0.146 e. The number of hydrogen-bond donors (Lipinski definition) is 2. The minimum absolute atomic E-state index is 0.192. The van der Waals surface area contributed by atoms with E-state index in [2.05, 4.69) is 55.0 Å². The molecule has 2 aromatic heterocycles. The van der Waals surface area contributed by atoms with Crippen molar-refractivity contribution in [3.8, 4) is 0 Å². The molecule has 0 bridgehead atoms. The van der Waals surface area contributed by atoms with Gasteiger partial charge >= 0.3 is 0 Å². The number of nitrogens with two attached hydrogens (primary N) is 1. The van der Waals surface area contributed by atoms with E-state index in [0.717, 1.165) is 0 Å². The summed E-state index contributed by atoms with van der Waals surface area (Å²) < 4.78 is 0.706. The highest BCUT2D eigenvalue weighted by Crippen LogP contribution is 2.28. The van der Waals surface area contributed by atoms with Gasteiger partial charge in [0.2, 0.25) is 0 Å². The first-order valence-electron chi connectivity index (χ1n) is 4.73. The fourth-order valence-electron chi connectivity index (χ4n) is 1.29. The second kappa shape index (κ2) is 4.80. The molecule has 1 unspecified atom stereocenters. The van der Waals surface area contributed by atoms with Crippen molar-refractivity contribution in [1.29, 1.82) is 0 Å². The fraction of sp³-hybridized carbons (Fsp3) is 0.200. The molecule has 2 rings (SSSR count). The predicted octanol–water partition coefficient (Wildman–Crippen LogP) is 3.06. The van der Waals surface area contributed by atoms with Crippen LogP contribution >= 0.6 is 27.3 Å². The number of halogens is 1. The largest absolute Gasteiger partial charge is 0.383 e. The average molecular weight is 299 g/mol. The normalized spacial score (nSPS) is 12.4. The van der Waals surface area contributed by atoms with Crippen LogP contribution in [0, 0.1) is 0 Å². The highest BCUT2D eigenvalue weighted by atomic mass is 79.9. The quantitative estimate of drug-likeness (QED) is 0.914. The van der Waals surface area contributed by atoms with Crippen LogP contribution in [0.15, 0.2) is 27.6 Å². The molecule has 0 aromatic carbocycles. The number of thiophene rings is 1. The Labute approximate surface area is 106 Å². The molecule has 3 N–H and O–H groups in total. The molecule has 0 aliphatic rings. The van der Waals surface area contributed by atoms with Crippen molar-refractivity contribution in [2.24, 2.45) is 0 Å². The Bertz CT molecular complexity index is 472. The molecule has 6 heteroatoms. The number of nitrogens with one attached hydrogen (secondary N) is 1. The molecular formula is C10H11BrN4S. The lowest BCUT2D eigenvalue weighted by molar-refractivity contribution is 0.875. The third kappa shape index (κ3) is 2.33. The van der Waals surface area contributed by atoms with Crippen LogP contribution in [0.2, 0.25) is 0 Å². The van der Waals surface area contributed by atoms with Gasteiger partial charge in [0.15, 0.2) is 0 Å². The Kier molecular flexibility index (Phi) is 3.40. The molecule has 2 heterocycles. The van der Waals surface area contributed by atoms with E-state index in [9.17, 15) is 0 Å². The zero-order chi connectivity index (χ0) is 11.5. The lowest BCUT2D eigenvalue weighted by Gasteiger charge is -2.14. The third-order valence-corrected chi connectivity index (χ3v) is 3.70. The van der Waals surface area contributed by atoms with Crippen molar-refractivity contribution in [2.45, 2.75) is 13.0 Å². The highest BCUT2D eigenvalue weighted by molar-refractivity contribution is 9.10. The third-order valence-electron chi connectivity index (χ3n) is 2.21. The summed E-state index contributed by atoms with van der Waals surface area (Å²) >= 11 is 5.04. The van der Waals surface area contributed by atoms with Crippen LogP contribution in [-0.4, -0.2) is 9.97 Å². The van der Waals surface area contributed by atoms with E-state index in [1.807, 2.05) is 0 Å². The highest BCUT2D eigenvalue weighted by Gasteiger charge is 2.10. The van der Waals surface area contributed by atoms with Gasteiger partial charge in [-0.2, -0.15) is 11.3 Å². The summed E-state index contributed by atoms with van der Waals surface area (Å²) in [4.78, 5) is 8.03. The molecule has 0 radical (unpaired) electrons. The lowest BCUT2D eigenvalue weighted by atomic mass is 10.2. The van der Waals surface area contributed by atoms with Gasteiger partial charge in [0.05, 0.1) is 6.04 Å². The van der Waals surface area contributed by atoms with Gasteiger partial charge in [0.25, 0.3) is 0 Å². The summed E-state index contributed by atoms with van der Waals surface area (Å²) in [5.41, 5.74) is 6.91. The number of aromatic nitrogens is 2. The Morgan fingerprint density at radius 1 is 1.50 bits per heavy atom. The van der Waals surface area contributed by atoms with Crippen LogP contribution < -0.4 is 11.1 Å². The van der Waals surface area contributed by atoms with Crippen LogP contribution in [0.25, 0.3) is 0 Å². The first-order chi connectivity index (χ1) is 7.68. The van der Waals surface area contributed by atoms with Crippen molar-refractivity contribution >= 4 is 38.9 Å². The maximum atomic E-state index is 5.68. The second-order valence-electron chi connectivity index (χ2n) is 3.34. The lowest BCUT2D eigenvalue weighted by Crippen LogP contribution is -2.08. The standard InChI is InChI=1S/C10H11BrN4S/c1-6(7-2-3-16-4-7)15-10-8(11)9(12)13-5-14-10/h2-6H,1H3,(H3,12,13,14,15). The van der Waals surface area contributed by atoms with Crippen LogP contribution in [0.5, 0.6) is 0 Å². The van der Waals surface area contributed by atoms with Gasteiger partial charge in [-0.05, 0) is 45.2 Å². The van der Waals surface area contributed by atoms with Crippen LogP contribution in [-0.2, 0) is 0 Å². The molecule has 1 atom stereocenters. The van der Waals surface area contributed by atoms with E-state index >= 15 is 0 Å². The number of nitrogen functional groups attached to an aromatic ring is 1. The molecule has 0 saturated heterocycles. The van der Waals surface area contributed by atoms with Gasteiger partial charge in [0, 0.05) is 0 Å². The van der Waals surface area contributed by atoms with Crippen molar-refractivity contribution in [1.82, 2.24) is 9.97 Å². The van der Waals surface area contributed by atoms with E-state index in [0.29, 0.717) is 16.1 Å². The van der Waals surface area contributed by atoms with Crippen molar-refractivity contribution in [3.63, 3.8) is 0 Å². The molecule has 16 heavy (non-hydrogen) atoms. The average Bonchev–Trinajstić information content (AvgIpc) is 2.78. The molecule has 84 valence electrons. The summed E-state index contributed by atoms with van der Waals surface area (Å²) in [6, 6.07) is 2.28. The zero-order valence-corrected chi connectivity index (χ0v) is 11.0. The minimum Gasteiger partial charge on any atom is -0.383 e. The number of rotatable bonds is 3. The molecular weight excluding hydrogens is 288 g/mol. The van der Waals surface area contributed by atoms with Gasteiger partial charge in [0.1, 0.15) is 22.4 Å². The van der Waals surface area contributed by atoms with E-state index < -0.39 is 0 Å². The molecule has 0 saturated carbocycles. The summed E-state index contributed by atoms with van der Waals surface area (Å²) in [5, 5.41) is 7.44. The van der Waals surface area contributed by atoms with E-state index in [4.69, 9.17) is 5.73 Å². The molecule has 0 aliphatic carbocycles. The van der Waals surface area contributed by atoms with Gasteiger partial charge in [-0.3, -0.25) is 0 Å². The maximum Gasteiger partial charge on any atom is 0.146 e. The Morgan fingerprint density at radius 2 is 2.31 bits per heavy atom. The molecule has 0 aliphatic heterocycles. The predicted molar refractivity (Wildman–Crippen MR) is 70.5 cm³/mol. The van der Waals surface area contributed by atoms with Crippen molar-refractivity contribution in [3.05, 3.63) is 33.2 Å². The topological polar surface area (TPSA) is 63.8 Å². The SMILES string of the molecule is CC(Nc1ncnc(N)c1Br)c1ccsc1. The summed E-state index contributed by atoms with van der Waals surface area (Å²) in [7, 11) is 0. The van der Waals surface area contributed by atoms with E-state index in [1.54, 1.807) is 11.3 Å². The van der Waals surface area contributed by atoms with Gasteiger partial charge < -0.3 is 11.1 Å². The van der Waals surface area contributed by atoms with Gasteiger partial charge in [-0.25, -0.2) is 9.97 Å². The summed E-state index contributed by atoms with van der Waals surface area (Å²) in [6.07, 6.45) is 1.45. The van der Waals surface area contributed by atoms with E-state index in [-0.39, 0.29) is 6.04 Å². The summed E-state index contributed by atoms with van der Waals surface area (Å²) in [6.45, 7) is 2.08. The van der Waals surface area contributed by atoms with Crippen molar-refractivity contribution in [2.75, 3.05) is 11.1 Å². The van der Waals surface area contributed by atoms with Crippen LogP contribution in [0.1, 0.15) is 18.5 Å². The summed E-state index contributed by atoms with van der Waals surface area (Å²) in [5.74, 6) is 1.15. The second-order valence-corrected chi connectivity index (χ2v) is 4.92. The monoisotopic (exact) mass is 298 g/mol. The Balaban J connectivity index is 2.18.